The van der Waals surface area contributed by atoms with Gasteiger partial charge in [0.05, 0.1) is 26.3 Å². The molecule has 1 aromatic heterocycles. The number of amides is 1. The van der Waals surface area contributed by atoms with Crippen LogP contribution in [0.1, 0.15) is 12.0 Å². The van der Waals surface area contributed by atoms with E-state index in [0.717, 1.165) is 15.8 Å². The zero-order valence-electron chi connectivity index (χ0n) is 12.4. The summed E-state index contributed by atoms with van der Waals surface area (Å²) >= 11 is 1.50. The van der Waals surface area contributed by atoms with Crippen LogP contribution in [0, 0.1) is 0 Å². The molecule has 6 nitrogen and oxygen atoms in total. The molecule has 0 saturated carbocycles. The van der Waals surface area contributed by atoms with Gasteiger partial charge in [-0.15, -0.1) is 11.3 Å². The molecule has 0 fully saturated rings. The molecule has 4 rings (SSSR count). The number of rotatable bonds is 3. The fraction of sp³-hybridized carbons (Fsp3) is 0.125. The highest BCUT2D eigenvalue weighted by atomic mass is 32.2. The zero-order valence-corrected chi connectivity index (χ0v) is 14.1. The summed E-state index contributed by atoms with van der Waals surface area (Å²) < 4.78 is 28.8. The number of thiazole rings is 1. The molecule has 0 spiro atoms. The van der Waals surface area contributed by atoms with Gasteiger partial charge in [-0.25, -0.2) is 13.4 Å². The zero-order chi connectivity index (χ0) is 16.7. The van der Waals surface area contributed by atoms with Crippen LogP contribution in [-0.4, -0.2) is 19.3 Å². The van der Waals surface area contributed by atoms with Crippen molar-refractivity contribution in [3.05, 3.63) is 47.5 Å². The van der Waals surface area contributed by atoms with Crippen LogP contribution in [-0.2, 0) is 21.2 Å². The lowest BCUT2D eigenvalue weighted by Crippen LogP contribution is -2.20. The number of aryl methyl sites for hydroxylation is 1. The van der Waals surface area contributed by atoms with E-state index in [1.54, 1.807) is 29.8 Å². The van der Waals surface area contributed by atoms with E-state index >= 15 is 0 Å². The maximum absolute atomic E-state index is 12.6. The largest absolute Gasteiger partial charge is 0.326 e. The van der Waals surface area contributed by atoms with E-state index in [9.17, 15) is 13.2 Å². The van der Waals surface area contributed by atoms with Gasteiger partial charge in [0.1, 0.15) is 0 Å². The summed E-state index contributed by atoms with van der Waals surface area (Å²) in [4.78, 5) is 15.8. The van der Waals surface area contributed by atoms with E-state index < -0.39 is 10.0 Å². The molecule has 2 aromatic carbocycles. The summed E-state index contributed by atoms with van der Waals surface area (Å²) in [5.41, 5.74) is 4.45. The molecule has 0 saturated heterocycles. The Balaban J connectivity index is 1.66. The summed E-state index contributed by atoms with van der Waals surface area (Å²) in [7, 11) is -3.70. The van der Waals surface area contributed by atoms with Crippen LogP contribution >= 0.6 is 11.3 Å². The van der Waals surface area contributed by atoms with E-state index in [4.69, 9.17) is 0 Å². The lowest BCUT2D eigenvalue weighted by Gasteiger charge is -2.17. The fourth-order valence-corrected chi connectivity index (χ4v) is 4.42. The first kappa shape index (κ1) is 15.1. The van der Waals surface area contributed by atoms with Crippen LogP contribution in [0.4, 0.5) is 11.4 Å². The van der Waals surface area contributed by atoms with Gasteiger partial charge in [-0.3, -0.25) is 9.52 Å². The predicted molar refractivity (Wildman–Crippen MR) is 93.8 cm³/mol. The number of anilines is 2. The normalized spacial score (nSPS) is 14.2. The third kappa shape index (κ3) is 2.74. The van der Waals surface area contributed by atoms with Gasteiger partial charge in [0.2, 0.25) is 5.91 Å². The van der Waals surface area contributed by atoms with Gasteiger partial charge in [0.25, 0.3) is 10.0 Å². The van der Waals surface area contributed by atoms with Gasteiger partial charge in [-0.2, -0.15) is 0 Å². The number of hydrogen-bond donors (Lipinski definition) is 2. The van der Waals surface area contributed by atoms with E-state index in [2.05, 4.69) is 15.0 Å². The Hall–Kier alpha value is -2.45. The van der Waals surface area contributed by atoms with Gasteiger partial charge >= 0.3 is 0 Å². The topological polar surface area (TPSA) is 88.2 Å². The molecule has 8 heteroatoms. The van der Waals surface area contributed by atoms with Crippen molar-refractivity contribution >= 4 is 48.9 Å². The molecule has 122 valence electrons. The van der Waals surface area contributed by atoms with Crippen molar-refractivity contribution in [1.82, 2.24) is 4.98 Å². The van der Waals surface area contributed by atoms with Crippen LogP contribution in [0.3, 0.4) is 0 Å². The van der Waals surface area contributed by atoms with Crippen molar-refractivity contribution in [3.63, 3.8) is 0 Å². The number of carbonyl (C=O) groups is 1. The summed E-state index contributed by atoms with van der Waals surface area (Å²) in [6, 6.07) is 10.0. The summed E-state index contributed by atoms with van der Waals surface area (Å²) in [5.74, 6) is -0.0483. The Morgan fingerprint density at radius 2 is 2.00 bits per heavy atom. The fourth-order valence-electron chi connectivity index (χ4n) is 2.66. The van der Waals surface area contributed by atoms with Crippen molar-refractivity contribution in [2.75, 3.05) is 10.0 Å². The van der Waals surface area contributed by atoms with Gasteiger partial charge in [0.15, 0.2) is 0 Å². The Morgan fingerprint density at radius 1 is 1.12 bits per heavy atom. The summed E-state index contributed by atoms with van der Waals surface area (Å²) in [5, 5.41) is 2.74. The van der Waals surface area contributed by atoms with E-state index in [1.807, 2.05) is 6.07 Å². The number of carbonyl (C=O) groups excluding carboxylic acids is 1. The van der Waals surface area contributed by atoms with Crippen LogP contribution < -0.4 is 10.0 Å². The maximum Gasteiger partial charge on any atom is 0.261 e. The first-order valence-electron chi connectivity index (χ1n) is 7.30. The molecule has 1 aliphatic heterocycles. The molecule has 1 amide bonds. The SMILES string of the molecule is O=C1CCc2cc(S(=O)(=O)Nc3ccc4scnc4c3)ccc2N1. The van der Waals surface area contributed by atoms with Crippen LogP contribution in [0.5, 0.6) is 0 Å². The minimum Gasteiger partial charge on any atom is -0.326 e. The number of nitrogens with one attached hydrogen (secondary N) is 2. The Bertz CT molecular complexity index is 1060. The van der Waals surface area contributed by atoms with Gasteiger partial charge in [-0.05, 0) is 48.4 Å². The van der Waals surface area contributed by atoms with Crippen LogP contribution in [0.25, 0.3) is 10.2 Å². The lowest BCUT2D eigenvalue weighted by atomic mass is 10.0. The highest BCUT2D eigenvalue weighted by molar-refractivity contribution is 7.92. The average molecular weight is 359 g/mol. The lowest BCUT2D eigenvalue weighted by molar-refractivity contribution is -0.116. The second-order valence-electron chi connectivity index (χ2n) is 5.51. The Kier molecular flexibility index (Phi) is 3.50. The molecular formula is C16H13N3O3S2. The van der Waals surface area contributed by atoms with E-state index in [0.29, 0.717) is 24.2 Å². The predicted octanol–water partition coefficient (Wildman–Crippen LogP) is 2.98. The van der Waals surface area contributed by atoms with Crippen LogP contribution in [0.2, 0.25) is 0 Å². The van der Waals surface area contributed by atoms with Gasteiger partial charge < -0.3 is 5.32 Å². The van der Waals surface area contributed by atoms with Crippen molar-refractivity contribution in [2.45, 2.75) is 17.7 Å². The van der Waals surface area contributed by atoms with Gasteiger partial charge in [0, 0.05) is 12.1 Å². The molecule has 0 radical (unpaired) electrons. The number of hydrogen-bond acceptors (Lipinski definition) is 5. The molecule has 0 bridgehead atoms. The Morgan fingerprint density at radius 3 is 2.88 bits per heavy atom. The molecule has 1 aliphatic rings. The first-order valence-corrected chi connectivity index (χ1v) is 9.66. The molecule has 3 aromatic rings. The second-order valence-corrected chi connectivity index (χ2v) is 8.08. The van der Waals surface area contributed by atoms with Crippen LogP contribution in [0.15, 0.2) is 46.8 Å². The molecule has 2 N–H and O–H groups in total. The standard InChI is InChI=1S/C16H13N3O3S2/c20-16-6-1-10-7-12(3-4-13(10)18-16)24(21,22)19-11-2-5-15-14(8-11)17-9-23-15/h2-5,7-9,19H,1,6H2,(H,18,20). The summed E-state index contributed by atoms with van der Waals surface area (Å²) in [6.07, 6.45) is 0.903. The number of nitrogens with zero attached hydrogens (tertiary/aromatic N) is 1. The van der Waals surface area contributed by atoms with Crippen molar-refractivity contribution in [1.29, 1.82) is 0 Å². The molecule has 24 heavy (non-hydrogen) atoms. The molecule has 0 unspecified atom stereocenters. The van der Waals surface area contributed by atoms with Crippen molar-refractivity contribution in [3.8, 4) is 0 Å². The van der Waals surface area contributed by atoms with Gasteiger partial charge in [-0.1, -0.05) is 0 Å². The minimum absolute atomic E-state index is 0.0483. The van der Waals surface area contributed by atoms with Crippen molar-refractivity contribution < 1.29 is 13.2 Å². The maximum atomic E-state index is 12.6. The summed E-state index contributed by atoms with van der Waals surface area (Å²) in [6.45, 7) is 0. The molecule has 0 aliphatic carbocycles. The first-order chi connectivity index (χ1) is 11.5. The second kappa shape index (κ2) is 5.57. The minimum atomic E-state index is -3.70. The quantitative estimate of drug-likeness (QED) is 0.752. The smallest absolute Gasteiger partial charge is 0.261 e. The highest BCUT2D eigenvalue weighted by Gasteiger charge is 2.20. The van der Waals surface area contributed by atoms with E-state index in [1.165, 1.54) is 17.4 Å². The molecular weight excluding hydrogens is 346 g/mol. The number of fused-ring (bicyclic) bond motifs is 2. The third-order valence-corrected chi connectivity index (χ3v) is 6.05. The monoisotopic (exact) mass is 359 g/mol. The van der Waals surface area contributed by atoms with E-state index in [-0.39, 0.29) is 10.8 Å². The number of sulfonamides is 1. The molecule has 2 heterocycles. The Labute approximate surface area is 142 Å². The third-order valence-electron chi connectivity index (χ3n) is 3.87. The number of benzene rings is 2. The molecule has 0 atom stereocenters. The number of aromatic nitrogens is 1. The average Bonchev–Trinajstić information content (AvgIpc) is 3.01. The highest BCUT2D eigenvalue weighted by Crippen LogP contribution is 2.27. The van der Waals surface area contributed by atoms with Crippen molar-refractivity contribution in [2.24, 2.45) is 0 Å².